The summed E-state index contributed by atoms with van der Waals surface area (Å²) in [6.07, 6.45) is 0. The fourth-order valence-electron chi connectivity index (χ4n) is 1.87. The summed E-state index contributed by atoms with van der Waals surface area (Å²) in [7, 11) is 3.19. The van der Waals surface area contributed by atoms with Crippen LogP contribution in [0.15, 0.2) is 40.8 Å². The van der Waals surface area contributed by atoms with Crippen LogP contribution in [0.5, 0.6) is 5.75 Å². The summed E-state index contributed by atoms with van der Waals surface area (Å²) in [5.74, 6) is -1.14. The van der Waals surface area contributed by atoms with E-state index < -0.39 is 5.97 Å². The van der Waals surface area contributed by atoms with Crippen molar-refractivity contribution in [3.63, 3.8) is 0 Å². The number of carbonyl (C=O) groups is 2. The van der Waals surface area contributed by atoms with Crippen LogP contribution in [0.2, 0.25) is 0 Å². The predicted octanol–water partition coefficient (Wildman–Crippen LogP) is 2.26. The first kappa shape index (κ1) is 14.6. The fraction of sp³-hybridized carbons (Fsp3) is 0.200. The number of amides is 1. The van der Waals surface area contributed by atoms with Gasteiger partial charge < -0.3 is 19.2 Å². The number of methoxy groups -OCH3 is 1. The molecule has 1 aromatic carbocycles. The Morgan fingerprint density at radius 2 is 1.95 bits per heavy atom. The van der Waals surface area contributed by atoms with Crippen molar-refractivity contribution in [1.82, 2.24) is 4.90 Å². The summed E-state index contributed by atoms with van der Waals surface area (Å²) in [5.41, 5.74) is 0.898. The number of carbonyl (C=O) groups excluding carboxylic acids is 1. The molecule has 0 aliphatic carbocycles. The van der Waals surface area contributed by atoms with Gasteiger partial charge in [0.2, 0.25) is 5.76 Å². The van der Waals surface area contributed by atoms with Gasteiger partial charge in [-0.1, -0.05) is 12.1 Å². The van der Waals surface area contributed by atoms with Gasteiger partial charge in [0.15, 0.2) is 5.76 Å². The molecule has 0 radical (unpaired) electrons. The molecule has 1 aromatic heterocycles. The molecule has 0 saturated heterocycles. The van der Waals surface area contributed by atoms with E-state index in [2.05, 4.69) is 0 Å². The van der Waals surface area contributed by atoms with Crippen molar-refractivity contribution in [2.24, 2.45) is 0 Å². The molecular weight excluding hydrogens is 274 g/mol. The van der Waals surface area contributed by atoms with Gasteiger partial charge in [0, 0.05) is 13.6 Å². The molecular formula is C15H15NO5. The van der Waals surface area contributed by atoms with Gasteiger partial charge in [-0.25, -0.2) is 4.79 Å². The monoisotopic (exact) mass is 289 g/mol. The number of nitrogens with zero attached hydrogens (tertiary/aromatic N) is 1. The van der Waals surface area contributed by atoms with Crippen molar-refractivity contribution in [1.29, 1.82) is 0 Å². The van der Waals surface area contributed by atoms with Crippen molar-refractivity contribution in [3.8, 4) is 5.75 Å². The van der Waals surface area contributed by atoms with Crippen LogP contribution in [0.3, 0.4) is 0 Å². The lowest BCUT2D eigenvalue weighted by Crippen LogP contribution is -2.25. The number of rotatable bonds is 5. The molecule has 0 aliphatic heterocycles. The molecule has 0 aliphatic rings. The lowest BCUT2D eigenvalue weighted by Gasteiger charge is -2.16. The van der Waals surface area contributed by atoms with E-state index >= 15 is 0 Å². The molecule has 0 spiro atoms. The van der Waals surface area contributed by atoms with Crippen LogP contribution in [0, 0.1) is 0 Å². The number of hydrogen-bond donors (Lipinski definition) is 1. The topological polar surface area (TPSA) is 80.0 Å². The lowest BCUT2D eigenvalue weighted by molar-refractivity contribution is 0.0653. The second kappa shape index (κ2) is 6.13. The van der Waals surface area contributed by atoms with Gasteiger partial charge in [-0.3, -0.25) is 4.79 Å². The Hall–Kier alpha value is -2.76. The van der Waals surface area contributed by atoms with E-state index in [4.69, 9.17) is 14.3 Å². The zero-order valence-corrected chi connectivity index (χ0v) is 11.7. The SMILES string of the molecule is COc1cccc(CN(C)C(=O)c2ccc(C(=O)O)o2)c1. The fourth-order valence-corrected chi connectivity index (χ4v) is 1.87. The number of benzene rings is 1. The molecule has 0 bridgehead atoms. The van der Waals surface area contributed by atoms with Crippen molar-refractivity contribution in [2.45, 2.75) is 6.54 Å². The Kier molecular flexibility index (Phi) is 4.27. The molecule has 21 heavy (non-hydrogen) atoms. The van der Waals surface area contributed by atoms with Crippen molar-refractivity contribution >= 4 is 11.9 Å². The van der Waals surface area contributed by atoms with Crippen LogP contribution in [-0.4, -0.2) is 36.0 Å². The second-order valence-electron chi connectivity index (χ2n) is 4.48. The molecule has 1 amide bonds. The van der Waals surface area contributed by atoms with Crippen LogP contribution >= 0.6 is 0 Å². The first-order chi connectivity index (χ1) is 10.0. The smallest absolute Gasteiger partial charge is 0.371 e. The highest BCUT2D eigenvalue weighted by Gasteiger charge is 2.18. The quantitative estimate of drug-likeness (QED) is 0.913. The van der Waals surface area contributed by atoms with Gasteiger partial charge in [-0.05, 0) is 29.8 Å². The number of furan rings is 1. The molecule has 110 valence electrons. The molecule has 0 atom stereocenters. The van der Waals surface area contributed by atoms with Crippen LogP contribution in [0.25, 0.3) is 0 Å². The average molecular weight is 289 g/mol. The molecule has 2 rings (SSSR count). The average Bonchev–Trinajstić information content (AvgIpc) is 2.96. The third-order valence-corrected chi connectivity index (χ3v) is 2.93. The van der Waals surface area contributed by atoms with Gasteiger partial charge in [-0.2, -0.15) is 0 Å². The van der Waals surface area contributed by atoms with Gasteiger partial charge in [0.05, 0.1) is 7.11 Å². The maximum Gasteiger partial charge on any atom is 0.371 e. The zero-order chi connectivity index (χ0) is 15.4. The van der Waals surface area contributed by atoms with Crippen LogP contribution in [-0.2, 0) is 6.54 Å². The standard InChI is InChI=1S/C15H15NO5/c1-16(9-10-4-3-5-11(8-10)20-2)14(17)12-6-7-13(21-12)15(18)19/h3-8H,9H2,1-2H3,(H,18,19). The molecule has 1 heterocycles. The molecule has 6 nitrogen and oxygen atoms in total. The van der Waals surface area contributed by atoms with E-state index in [9.17, 15) is 9.59 Å². The second-order valence-corrected chi connectivity index (χ2v) is 4.48. The summed E-state index contributed by atoms with van der Waals surface area (Å²) in [6.45, 7) is 0.360. The normalized spacial score (nSPS) is 10.2. The van der Waals surface area contributed by atoms with Crippen LogP contribution < -0.4 is 4.74 Å². The first-order valence-electron chi connectivity index (χ1n) is 6.23. The van der Waals surface area contributed by atoms with E-state index in [1.807, 2.05) is 24.3 Å². The molecule has 0 unspecified atom stereocenters. The molecule has 2 aromatic rings. The Morgan fingerprint density at radius 1 is 1.24 bits per heavy atom. The predicted molar refractivity (Wildman–Crippen MR) is 74.5 cm³/mol. The molecule has 0 fully saturated rings. The van der Waals surface area contributed by atoms with E-state index in [1.165, 1.54) is 17.0 Å². The maximum atomic E-state index is 12.1. The number of carboxylic acids is 1. The number of hydrogen-bond acceptors (Lipinski definition) is 4. The summed E-state index contributed by atoms with van der Waals surface area (Å²) < 4.78 is 10.1. The number of carboxylic acid groups (broad SMARTS) is 1. The number of aromatic carboxylic acids is 1. The van der Waals surface area contributed by atoms with Gasteiger partial charge in [-0.15, -0.1) is 0 Å². The van der Waals surface area contributed by atoms with Crippen LogP contribution in [0.1, 0.15) is 26.7 Å². The van der Waals surface area contributed by atoms with Gasteiger partial charge >= 0.3 is 5.97 Å². The summed E-state index contributed by atoms with van der Waals surface area (Å²) in [6, 6.07) is 9.97. The summed E-state index contributed by atoms with van der Waals surface area (Å²) in [5, 5.41) is 8.78. The third-order valence-electron chi connectivity index (χ3n) is 2.93. The van der Waals surface area contributed by atoms with Crippen molar-refractivity contribution in [3.05, 3.63) is 53.5 Å². The zero-order valence-electron chi connectivity index (χ0n) is 11.7. The van der Waals surface area contributed by atoms with Crippen molar-refractivity contribution < 1.29 is 23.8 Å². The van der Waals surface area contributed by atoms with Gasteiger partial charge in [0.1, 0.15) is 5.75 Å². The van der Waals surface area contributed by atoms with Gasteiger partial charge in [0.25, 0.3) is 5.91 Å². The minimum atomic E-state index is -1.20. The first-order valence-corrected chi connectivity index (χ1v) is 6.23. The molecule has 6 heteroatoms. The van der Waals surface area contributed by atoms with E-state index in [-0.39, 0.29) is 17.4 Å². The largest absolute Gasteiger partial charge is 0.497 e. The van der Waals surface area contributed by atoms with Crippen molar-refractivity contribution in [2.75, 3.05) is 14.2 Å². The Labute approximate surface area is 121 Å². The Balaban J connectivity index is 2.09. The van der Waals surface area contributed by atoms with E-state index in [0.29, 0.717) is 12.3 Å². The highest BCUT2D eigenvalue weighted by Crippen LogP contribution is 2.16. The lowest BCUT2D eigenvalue weighted by atomic mass is 10.2. The Morgan fingerprint density at radius 3 is 2.57 bits per heavy atom. The molecule has 1 N–H and O–H groups in total. The van der Waals surface area contributed by atoms with E-state index in [0.717, 1.165) is 5.56 Å². The van der Waals surface area contributed by atoms with E-state index in [1.54, 1.807) is 14.2 Å². The third kappa shape index (κ3) is 3.42. The Bertz CT molecular complexity index is 662. The van der Waals surface area contributed by atoms with Crippen LogP contribution in [0.4, 0.5) is 0 Å². The summed E-state index contributed by atoms with van der Waals surface area (Å²) >= 11 is 0. The highest BCUT2D eigenvalue weighted by molar-refractivity contribution is 5.93. The highest BCUT2D eigenvalue weighted by atomic mass is 16.5. The number of ether oxygens (including phenoxy) is 1. The maximum absolute atomic E-state index is 12.1. The minimum absolute atomic E-state index is 0.00204. The minimum Gasteiger partial charge on any atom is -0.497 e. The molecule has 0 saturated carbocycles. The summed E-state index contributed by atoms with van der Waals surface area (Å²) in [4.78, 5) is 24.3.